The van der Waals surface area contributed by atoms with Gasteiger partial charge < -0.3 is 0 Å². The Bertz CT molecular complexity index is 426. The van der Waals surface area contributed by atoms with Crippen LogP contribution in [0.4, 0.5) is 10.1 Å². The van der Waals surface area contributed by atoms with Crippen molar-refractivity contribution in [3.05, 3.63) is 46.4 Å². The van der Waals surface area contributed by atoms with E-state index in [-0.39, 0.29) is 16.8 Å². The van der Waals surface area contributed by atoms with E-state index < -0.39 is 17.5 Å². The van der Waals surface area contributed by atoms with Crippen LogP contribution in [0.15, 0.2) is 18.2 Å². The minimum atomic E-state index is -0.821. The highest BCUT2D eigenvalue weighted by molar-refractivity contribution is 5.48. The largest absolute Gasteiger partial charge is 0.273 e. The fourth-order valence-corrected chi connectivity index (χ4v) is 1.20. The van der Waals surface area contributed by atoms with Crippen LogP contribution in [0.25, 0.3) is 0 Å². The summed E-state index contributed by atoms with van der Waals surface area (Å²) >= 11 is 0. The average Bonchev–Trinajstić information content (AvgIpc) is 2.26. The van der Waals surface area contributed by atoms with Crippen LogP contribution < -0.4 is 0 Å². The molecule has 1 radical (unpaired) electrons. The molecule has 0 heterocycles. The summed E-state index contributed by atoms with van der Waals surface area (Å²) in [5.41, 5.74) is 0.214. The van der Waals surface area contributed by atoms with E-state index >= 15 is 0 Å². The first-order valence-corrected chi connectivity index (χ1v) is 4.17. The summed E-state index contributed by atoms with van der Waals surface area (Å²) in [4.78, 5) is 10.0. The number of rotatable bonds is 3. The van der Waals surface area contributed by atoms with E-state index in [9.17, 15) is 14.5 Å². The molecular formula is C10H8FN2O2. The summed E-state index contributed by atoms with van der Waals surface area (Å²) in [5.74, 6) is -0.821. The molecule has 5 heteroatoms. The Morgan fingerprint density at radius 1 is 1.67 bits per heavy atom. The second kappa shape index (κ2) is 4.51. The molecule has 1 rings (SSSR count). The Morgan fingerprint density at radius 2 is 2.33 bits per heavy atom. The molecule has 0 fully saturated rings. The molecule has 0 saturated carbocycles. The van der Waals surface area contributed by atoms with Gasteiger partial charge in [0.15, 0.2) is 0 Å². The van der Waals surface area contributed by atoms with Gasteiger partial charge in [-0.05, 0) is 19.1 Å². The monoisotopic (exact) mass is 207 g/mol. The maximum absolute atomic E-state index is 12.4. The summed E-state index contributed by atoms with van der Waals surface area (Å²) in [7, 11) is 0. The molecule has 0 spiro atoms. The predicted molar refractivity (Wildman–Crippen MR) is 51.9 cm³/mol. The standard InChI is InChI=1S/C10H8FN2O2/c1-7(5-11)9-4-8(6-12)2-3-10(9)13(14)15/h2-4,7H,1,5H2. The van der Waals surface area contributed by atoms with Crippen molar-refractivity contribution in [3.63, 3.8) is 0 Å². The lowest BCUT2D eigenvalue weighted by Crippen LogP contribution is -2.02. The molecule has 0 aliphatic carbocycles. The van der Waals surface area contributed by atoms with Crippen molar-refractivity contribution in [2.45, 2.75) is 5.92 Å². The molecule has 0 aromatic heterocycles. The zero-order valence-corrected chi connectivity index (χ0v) is 7.81. The van der Waals surface area contributed by atoms with Crippen LogP contribution in [0.5, 0.6) is 0 Å². The van der Waals surface area contributed by atoms with Crippen molar-refractivity contribution in [2.24, 2.45) is 0 Å². The van der Waals surface area contributed by atoms with Gasteiger partial charge in [-0.3, -0.25) is 14.5 Å². The van der Waals surface area contributed by atoms with E-state index in [1.54, 1.807) is 0 Å². The SMILES string of the molecule is [CH2]C(CF)c1cc(C#N)ccc1[N+](=O)[O-]. The second-order valence-electron chi connectivity index (χ2n) is 2.99. The van der Waals surface area contributed by atoms with Crippen LogP contribution in [0.2, 0.25) is 0 Å². The number of nitrogens with zero attached hydrogens (tertiary/aromatic N) is 2. The number of alkyl halides is 1. The number of nitriles is 1. The van der Waals surface area contributed by atoms with E-state index in [0.29, 0.717) is 0 Å². The minimum Gasteiger partial charge on any atom is -0.258 e. The predicted octanol–water partition coefficient (Wildman–Crippen LogP) is 2.35. The van der Waals surface area contributed by atoms with Gasteiger partial charge >= 0.3 is 0 Å². The molecule has 1 aromatic rings. The quantitative estimate of drug-likeness (QED) is 0.564. The Kier molecular flexibility index (Phi) is 3.34. The average molecular weight is 207 g/mol. The smallest absolute Gasteiger partial charge is 0.258 e. The van der Waals surface area contributed by atoms with Crippen molar-refractivity contribution < 1.29 is 9.31 Å². The van der Waals surface area contributed by atoms with Crippen LogP contribution in [-0.4, -0.2) is 11.6 Å². The molecule has 1 aromatic carbocycles. The fraction of sp³-hybridized carbons (Fsp3) is 0.200. The molecule has 4 nitrogen and oxygen atoms in total. The molecule has 0 aliphatic rings. The van der Waals surface area contributed by atoms with E-state index in [0.717, 1.165) is 0 Å². The number of nitro benzene ring substituents is 1. The molecular weight excluding hydrogens is 199 g/mol. The zero-order chi connectivity index (χ0) is 11.4. The lowest BCUT2D eigenvalue weighted by Gasteiger charge is -2.07. The van der Waals surface area contributed by atoms with Gasteiger partial charge in [-0.15, -0.1) is 0 Å². The molecule has 0 saturated heterocycles. The van der Waals surface area contributed by atoms with Crippen LogP contribution in [0, 0.1) is 28.4 Å². The van der Waals surface area contributed by atoms with Gasteiger partial charge in [0.05, 0.1) is 23.2 Å². The van der Waals surface area contributed by atoms with Gasteiger partial charge in [-0.1, -0.05) is 0 Å². The molecule has 77 valence electrons. The highest BCUT2D eigenvalue weighted by atomic mass is 19.1. The van der Waals surface area contributed by atoms with Gasteiger partial charge in [0, 0.05) is 17.5 Å². The van der Waals surface area contributed by atoms with Crippen LogP contribution >= 0.6 is 0 Å². The summed E-state index contributed by atoms with van der Waals surface area (Å²) in [6.07, 6.45) is 0. The summed E-state index contributed by atoms with van der Waals surface area (Å²) < 4.78 is 12.4. The topological polar surface area (TPSA) is 66.9 Å². The van der Waals surface area contributed by atoms with Gasteiger partial charge in [0.2, 0.25) is 0 Å². The molecule has 0 N–H and O–H groups in total. The third-order valence-electron chi connectivity index (χ3n) is 1.98. The van der Waals surface area contributed by atoms with Crippen molar-refractivity contribution in [3.8, 4) is 6.07 Å². The van der Waals surface area contributed by atoms with Gasteiger partial charge in [-0.2, -0.15) is 5.26 Å². The normalized spacial score (nSPS) is 11.8. The summed E-state index contributed by atoms with van der Waals surface area (Å²) in [6.45, 7) is 2.66. The summed E-state index contributed by atoms with van der Waals surface area (Å²) in [6, 6.07) is 5.66. The molecule has 0 amide bonds. The molecule has 1 unspecified atom stereocenters. The van der Waals surface area contributed by atoms with Crippen molar-refractivity contribution in [1.82, 2.24) is 0 Å². The van der Waals surface area contributed by atoms with Crippen LogP contribution in [0.1, 0.15) is 17.0 Å². The molecule has 15 heavy (non-hydrogen) atoms. The van der Waals surface area contributed by atoms with Gasteiger partial charge in [-0.25, -0.2) is 0 Å². The third kappa shape index (κ3) is 2.29. The van der Waals surface area contributed by atoms with Crippen LogP contribution in [-0.2, 0) is 0 Å². The highest BCUT2D eigenvalue weighted by Crippen LogP contribution is 2.27. The number of nitro groups is 1. The van der Waals surface area contributed by atoms with E-state index in [1.807, 2.05) is 6.07 Å². The van der Waals surface area contributed by atoms with Crippen molar-refractivity contribution in [1.29, 1.82) is 5.26 Å². The fourth-order valence-electron chi connectivity index (χ4n) is 1.20. The molecule has 1 atom stereocenters. The minimum absolute atomic E-state index is 0.154. The first kappa shape index (κ1) is 11.1. The first-order chi connectivity index (χ1) is 7.10. The Morgan fingerprint density at radius 3 is 2.80 bits per heavy atom. The van der Waals surface area contributed by atoms with E-state index in [2.05, 4.69) is 6.92 Å². The lowest BCUT2D eigenvalue weighted by molar-refractivity contribution is -0.385. The van der Waals surface area contributed by atoms with E-state index in [1.165, 1.54) is 18.2 Å². The number of hydrogen-bond acceptors (Lipinski definition) is 3. The third-order valence-corrected chi connectivity index (χ3v) is 1.98. The van der Waals surface area contributed by atoms with Crippen molar-refractivity contribution in [2.75, 3.05) is 6.67 Å². The van der Waals surface area contributed by atoms with E-state index in [4.69, 9.17) is 5.26 Å². The Labute approximate surface area is 86.1 Å². The maximum Gasteiger partial charge on any atom is 0.273 e. The Hall–Kier alpha value is -1.96. The molecule has 0 aliphatic heterocycles. The highest BCUT2D eigenvalue weighted by Gasteiger charge is 2.19. The first-order valence-electron chi connectivity index (χ1n) is 4.17. The number of hydrogen-bond donors (Lipinski definition) is 0. The second-order valence-corrected chi connectivity index (χ2v) is 2.99. The van der Waals surface area contributed by atoms with Gasteiger partial charge in [0.1, 0.15) is 0 Å². The van der Waals surface area contributed by atoms with Crippen molar-refractivity contribution >= 4 is 5.69 Å². The molecule has 0 bridgehead atoms. The maximum atomic E-state index is 12.4. The van der Waals surface area contributed by atoms with Crippen LogP contribution in [0.3, 0.4) is 0 Å². The number of benzene rings is 1. The zero-order valence-electron chi connectivity index (χ0n) is 7.81. The van der Waals surface area contributed by atoms with Gasteiger partial charge in [0.25, 0.3) is 5.69 Å². The number of halogens is 1. The Balaban J connectivity index is 3.30. The summed E-state index contributed by atoms with van der Waals surface area (Å²) in [5, 5.41) is 19.2. The lowest BCUT2D eigenvalue weighted by atomic mass is 9.98.